The van der Waals surface area contributed by atoms with Crippen LogP contribution in [0.1, 0.15) is 23.9 Å². The molecule has 3 amide bonds. The molecule has 2 heterocycles. The van der Waals surface area contributed by atoms with Gasteiger partial charge in [-0.25, -0.2) is 4.79 Å². The average molecular weight is 412 g/mol. The Morgan fingerprint density at radius 1 is 1.00 bits per heavy atom. The van der Waals surface area contributed by atoms with Gasteiger partial charge in [0.2, 0.25) is 0 Å². The van der Waals surface area contributed by atoms with Gasteiger partial charge in [0, 0.05) is 5.56 Å². The molecule has 1 aliphatic rings. The van der Waals surface area contributed by atoms with Crippen molar-refractivity contribution in [2.24, 2.45) is 0 Å². The van der Waals surface area contributed by atoms with Crippen LogP contribution in [-0.2, 0) is 16.9 Å². The van der Waals surface area contributed by atoms with Gasteiger partial charge in [-0.15, -0.1) is 0 Å². The molecule has 31 heavy (non-hydrogen) atoms. The van der Waals surface area contributed by atoms with E-state index in [1.54, 1.807) is 6.92 Å². The number of imide groups is 1. The van der Waals surface area contributed by atoms with Gasteiger partial charge in [0.05, 0.1) is 6.54 Å². The van der Waals surface area contributed by atoms with Crippen molar-refractivity contribution in [2.45, 2.75) is 25.9 Å². The molecule has 0 bridgehead atoms. The molecule has 1 aliphatic heterocycles. The molecule has 0 saturated carbocycles. The third-order valence-electron chi connectivity index (χ3n) is 5.67. The summed E-state index contributed by atoms with van der Waals surface area (Å²) in [5.41, 5.74) is 1.47. The predicted octanol–water partition coefficient (Wildman–Crippen LogP) is 4.17. The van der Waals surface area contributed by atoms with Crippen LogP contribution in [0.2, 0.25) is 0 Å². The lowest BCUT2D eigenvalue weighted by Crippen LogP contribution is -2.41. The Labute approximate surface area is 178 Å². The van der Waals surface area contributed by atoms with Crippen LogP contribution in [0.4, 0.5) is 4.79 Å². The number of carbonyl (C=O) groups is 2. The zero-order valence-electron chi connectivity index (χ0n) is 17.1. The second kappa shape index (κ2) is 7.05. The van der Waals surface area contributed by atoms with Crippen LogP contribution in [0.25, 0.3) is 22.2 Å². The van der Waals surface area contributed by atoms with E-state index in [1.807, 2.05) is 73.7 Å². The lowest BCUT2D eigenvalue weighted by molar-refractivity contribution is -0.131. The third kappa shape index (κ3) is 3.15. The molecule has 0 radical (unpaired) electrons. The van der Waals surface area contributed by atoms with Crippen LogP contribution >= 0.6 is 0 Å². The van der Waals surface area contributed by atoms with E-state index in [9.17, 15) is 9.59 Å². The molecule has 7 heteroatoms. The molecule has 1 fully saturated rings. The van der Waals surface area contributed by atoms with Crippen LogP contribution in [0.3, 0.4) is 0 Å². The fourth-order valence-corrected chi connectivity index (χ4v) is 3.96. The summed E-state index contributed by atoms with van der Waals surface area (Å²) in [5, 5.41) is 8.74. The summed E-state index contributed by atoms with van der Waals surface area (Å²) >= 11 is 0. The van der Waals surface area contributed by atoms with Gasteiger partial charge in [-0.2, -0.15) is 4.98 Å². The Balaban J connectivity index is 1.44. The summed E-state index contributed by atoms with van der Waals surface area (Å²) in [6.07, 6.45) is 0. The normalized spacial score (nSPS) is 18.6. The molecule has 1 unspecified atom stereocenters. The Bertz CT molecular complexity index is 1310. The van der Waals surface area contributed by atoms with Crippen molar-refractivity contribution in [3.05, 3.63) is 83.7 Å². The van der Waals surface area contributed by atoms with Gasteiger partial charge in [-0.05, 0) is 42.3 Å². The summed E-state index contributed by atoms with van der Waals surface area (Å²) in [6, 6.07) is 20.7. The Morgan fingerprint density at radius 3 is 2.55 bits per heavy atom. The summed E-state index contributed by atoms with van der Waals surface area (Å²) in [5.74, 6) is 0.260. The lowest BCUT2D eigenvalue weighted by Gasteiger charge is -2.23. The van der Waals surface area contributed by atoms with Crippen molar-refractivity contribution >= 4 is 22.7 Å². The number of hydrogen-bond donors (Lipinski definition) is 1. The quantitative estimate of drug-likeness (QED) is 0.509. The summed E-state index contributed by atoms with van der Waals surface area (Å²) in [6.45, 7) is 3.65. The number of carbonyl (C=O) groups excluding carboxylic acids is 2. The highest BCUT2D eigenvalue weighted by molar-refractivity contribution is 6.09. The third-order valence-corrected chi connectivity index (χ3v) is 5.67. The van der Waals surface area contributed by atoms with Crippen molar-refractivity contribution in [1.29, 1.82) is 0 Å². The molecule has 1 saturated heterocycles. The molecule has 1 aromatic heterocycles. The molecule has 0 aliphatic carbocycles. The molecule has 3 aromatic carbocycles. The molecule has 0 spiro atoms. The number of urea groups is 1. The summed E-state index contributed by atoms with van der Waals surface area (Å²) in [4.78, 5) is 31.6. The zero-order valence-corrected chi connectivity index (χ0v) is 17.1. The largest absolute Gasteiger partial charge is 0.334 e. The maximum Gasteiger partial charge on any atom is 0.325 e. The first-order valence-corrected chi connectivity index (χ1v) is 9.98. The lowest BCUT2D eigenvalue weighted by atomic mass is 9.88. The highest BCUT2D eigenvalue weighted by atomic mass is 16.5. The van der Waals surface area contributed by atoms with Crippen molar-refractivity contribution < 1.29 is 14.1 Å². The van der Waals surface area contributed by atoms with Crippen molar-refractivity contribution in [3.63, 3.8) is 0 Å². The minimum atomic E-state index is -1.18. The zero-order chi connectivity index (χ0) is 21.6. The van der Waals surface area contributed by atoms with Crippen LogP contribution in [-0.4, -0.2) is 27.0 Å². The summed E-state index contributed by atoms with van der Waals surface area (Å²) in [7, 11) is 0. The molecular formula is C24H20N4O3. The number of amides is 3. The number of fused-ring (bicyclic) bond motifs is 1. The number of nitrogens with one attached hydrogen (secondary N) is 1. The number of aryl methyl sites for hydroxylation is 1. The predicted molar refractivity (Wildman–Crippen MR) is 115 cm³/mol. The maximum atomic E-state index is 13.4. The van der Waals surface area contributed by atoms with Crippen molar-refractivity contribution in [3.8, 4) is 11.5 Å². The van der Waals surface area contributed by atoms with Gasteiger partial charge in [-0.1, -0.05) is 65.3 Å². The minimum Gasteiger partial charge on any atom is -0.334 e. The first-order chi connectivity index (χ1) is 15.0. The standard InChI is InChI=1S/C24H20N4O3/c1-15-10-12-17(13-11-15)21-25-20(27-31-21)14-28-22(29)24(2,26-23(28)30)19-9-5-7-16-6-3-4-8-18(16)19/h3-13H,14H2,1-2H3,(H,26,30). The molecule has 4 aromatic rings. The summed E-state index contributed by atoms with van der Waals surface area (Å²) < 4.78 is 5.33. The smallest absolute Gasteiger partial charge is 0.325 e. The van der Waals surface area contributed by atoms with Gasteiger partial charge in [0.15, 0.2) is 5.82 Å². The second-order valence-electron chi connectivity index (χ2n) is 7.85. The molecule has 5 rings (SSSR count). The number of rotatable bonds is 4. The van der Waals surface area contributed by atoms with Crippen LogP contribution in [0.5, 0.6) is 0 Å². The Morgan fingerprint density at radius 2 is 1.74 bits per heavy atom. The van der Waals surface area contributed by atoms with E-state index in [1.165, 1.54) is 0 Å². The highest BCUT2D eigenvalue weighted by Gasteiger charge is 2.49. The van der Waals surface area contributed by atoms with Crippen LogP contribution in [0.15, 0.2) is 71.3 Å². The van der Waals surface area contributed by atoms with Crippen LogP contribution in [0, 0.1) is 6.92 Å². The molecule has 154 valence electrons. The number of hydrogen-bond acceptors (Lipinski definition) is 5. The fourth-order valence-electron chi connectivity index (χ4n) is 3.96. The SMILES string of the molecule is Cc1ccc(-c2nc(CN3C(=O)NC(C)(c4cccc5ccccc45)C3=O)no2)cc1. The second-order valence-corrected chi connectivity index (χ2v) is 7.85. The van der Waals surface area contributed by atoms with Gasteiger partial charge in [0.1, 0.15) is 5.54 Å². The van der Waals surface area contributed by atoms with E-state index >= 15 is 0 Å². The van der Waals surface area contributed by atoms with Crippen LogP contribution < -0.4 is 5.32 Å². The Hall–Kier alpha value is -4.00. The first kappa shape index (κ1) is 19.0. The molecule has 1 N–H and O–H groups in total. The number of aromatic nitrogens is 2. The Kier molecular flexibility index (Phi) is 4.32. The fraction of sp³-hybridized carbons (Fsp3) is 0.167. The van der Waals surface area contributed by atoms with E-state index in [0.29, 0.717) is 5.89 Å². The van der Waals surface area contributed by atoms with Crippen molar-refractivity contribution in [1.82, 2.24) is 20.4 Å². The first-order valence-electron chi connectivity index (χ1n) is 9.98. The molecule has 7 nitrogen and oxygen atoms in total. The van der Waals surface area contributed by atoms with E-state index in [0.717, 1.165) is 32.4 Å². The monoisotopic (exact) mass is 412 g/mol. The van der Waals surface area contributed by atoms with Gasteiger partial charge < -0.3 is 9.84 Å². The van der Waals surface area contributed by atoms with Gasteiger partial charge in [-0.3, -0.25) is 9.69 Å². The average Bonchev–Trinajstić information content (AvgIpc) is 3.33. The van der Waals surface area contributed by atoms with Gasteiger partial charge >= 0.3 is 6.03 Å². The maximum absolute atomic E-state index is 13.4. The number of nitrogens with zero attached hydrogens (tertiary/aromatic N) is 3. The topological polar surface area (TPSA) is 88.3 Å². The molecule has 1 atom stereocenters. The van der Waals surface area contributed by atoms with E-state index in [4.69, 9.17) is 4.52 Å². The van der Waals surface area contributed by atoms with Crippen molar-refractivity contribution in [2.75, 3.05) is 0 Å². The number of benzene rings is 3. The van der Waals surface area contributed by atoms with E-state index in [-0.39, 0.29) is 18.3 Å². The highest BCUT2D eigenvalue weighted by Crippen LogP contribution is 2.34. The molecular weight excluding hydrogens is 392 g/mol. The minimum absolute atomic E-state index is 0.0691. The van der Waals surface area contributed by atoms with E-state index < -0.39 is 11.6 Å². The van der Waals surface area contributed by atoms with E-state index in [2.05, 4.69) is 15.5 Å². The van der Waals surface area contributed by atoms with Gasteiger partial charge in [0.25, 0.3) is 11.8 Å².